The largest absolute Gasteiger partial charge is 0.437 e. The van der Waals surface area contributed by atoms with Crippen molar-refractivity contribution in [1.29, 1.82) is 0 Å². The van der Waals surface area contributed by atoms with Crippen molar-refractivity contribution in [2.45, 2.75) is 45.6 Å². The highest BCUT2D eigenvalue weighted by Gasteiger charge is 2.35. The molecule has 46 heavy (non-hydrogen) atoms. The number of rotatable bonds is 8. The highest BCUT2D eigenvalue weighted by Crippen LogP contribution is 2.36. The molecule has 0 aliphatic carbocycles. The predicted octanol–water partition coefficient (Wildman–Crippen LogP) is 5.60. The number of ether oxygens (including phenoxy) is 2. The Balaban J connectivity index is 1.16. The van der Waals surface area contributed by atoms with Gasteiger partial charge in [-0.2, -0.15) is 13.2 Å². The molecule has 6 rings (SSSR count). The summed E-state index contributed by atoms with van der Waals surface area (Å²) in [6.07, 6.45) is -1.54. The van der Waals surface area contributed by atoms with Gasteiger partial charge in [0, 0.05) is 70.2 Å². The number of anilines is 1. The molecule has 0 saturated carbocycles. The van der Waals surface area contributed by atoms with Gasteiger partial charge in [0.15, 0.2) is 0 Å². The highest BCUT2D eigenvalue weighted by molar-refractivity contribution is 5.89. The third-order valence-corrected chi connectivity index (χ3v) is 8.52. The molecule has 1 saturated heterocycles. The molecule has 1 aromatic carbocycles. The van der Waals surface area contributed by atoms with Crippen LogP contribution in [0.2, 0.25) is 0 Å². The van der Waals surface area contributed by atoms with Crippen LogP contribution >= 0.6 is 0 Å². The number of urea groups is 1. The van der Waals surface area contributed by atoms with E-state index >= 15 is 0 Å². The lowest BCUT2D eigenvalue weighted by Crippen LogP contribution is -2.45. The van der Waals surface area contributed by atoms with E-state index in [2.05, 4.69) is 37.1 Å². The number of benzene rings is 1. The van der Waals surface area contributed by atoms with Gasteiger partial charge in [0.2, 0.25) is 5.88 Å². The first-order chi connectivity index (χ1) is 22.1. The molecule has 2 aliphatic heterocycles. The van der Waals surface area contributed by atoms with Gasteiger partial charge in [-0.15, -0.1) is 0 Å². The second-order valence-electron chi connectivity index (χ2n) is 11.8. The molecule has 14 heteroatoms. The van der Waals surface area contributed by atoms with Crippen molar-refractivity contribution in [3.05, 3.63) is 70.9 Å². The van der Waals surface area contributed by atoms with Crippen LogP contribution in [0.15, 0.2) is 42.9 Å². The van der Waals surface area contributed by atoms with Crippen LogP contribution in [-0.4, -0.2) is 87.0 Å². The number of fused-ring (bicyclic) bond motifs is 2. The van der Waals surface area contributed by atoms with Crippen LogP contribution in [0.5, 0.6) is 11.6 Å². The summed E-state index contributed by atoms with van der Waals surface area (Å²) in [5.74, 6) is 0.678. The smallest absolute Gasteiger partial charge is 0.416 e. The number of carbonyl (C=O) groups is 1. The second-order valence-corrected chi connectivity index (χ2v) is 11.8. The van der Waals surface area contributed by atoms with Crippen LogP contribution in [0, 0.1) is 0 Å². The zero-order chi connectivity index (χ0) is 32.4. The number of amides is 2. The molecule has 5 heterocycles. The standard InChI is InChI=1S/C32H37F3N8O3/c1-4-41-7-9-42(10-8-41)16-21-5-6-23(13-27(21)32(33,34)35)40-31(44)43-15-20(2)28-22(17-43)11-25(14-36-28)46-30-26-12-24(18-45-3)39-29(26)37-19-38-30/h5-6,11-14,19-20H,4,7-10,15-18H2,1-3H3,(H,40,44)(H,37,38,39). The number of nitrogens with zero attached hydrogens (tertiary/aromatic N) is 6. The van der Waals surface area contributed by atoms with Gasteiger partial charge in [0.1, 0.15) is 17.7 Å². The van der Waals surface area contributed by atoms with Crippen LogP contribution in [0.25, 0.3) is 11.0 Å². The molecule has 3 aromatic heterocycles. The van der Waals surface area contributed by atoms with Crippen LogP contribution < -0.4 is 10.1 Å². The molecule has 244 valence electrons. The van der Waals surface area contributed by atoms with E-state index in [-0.39, 0.29) is 30.3 Å². The molecular weight excluding hydrogens is 601 g/mol. The molecule has 1 atom stereocenters. The van der Waals surface area contributed by atoms with Crippen LogP contribution in [-0.2, 0) is 30.6 Å². The summed E-state index contributed by atoms with van der Waals surface area (Å²) in [5, 5.41) is 3.38. The molecular formula is C32H37F3N8O3. The Hall–Kier alpha value is -4.27. The Kier molecular flexibility index (Phi) is 9.11. The number of hydrogen-bond donors (Lipinski definition) is 2. The van der Waals surface area contributed by atoms with Gasteiger partial charge in [0.25, 0.3) is 0 Å². The molecule has 2 aliphatic rings. The Morgan fingerprint density at radius 2 is 1.87 bits per heavy atom. The van der Waals surface area contributed by atoms with Crippen molar-refractivity contribution in [1.82, 2.24) is 34.6 Å². The number of aromatic nitrogens is 4. The first-order valence-corrected chi connectivity index (χ1v) is 15.3. The highest BCUT2D eigenvalue weighted by atomic mass is 19.4. The first kappa shape index (κ1) is 31.7. The number of likely N-dealkylation sites (N-methyl/N-ethyl adjacent to an activating group) is 1. The number of aromatic amines is 1. The average Bonchev–Trinajstić information content (AvgIpc) is 3.45. The number of methoxy groups -OCH3 is 1. The van der Waals surface area contributed by atoms with E-state index in [1.165, 1.54) is 12.4 Å². The summed E-state index contributed by atoms with van der Waals surface area (Å²) >= 11 is 0. The molecule has 0 bridgehead atoms. The third kappa shape index (κ3) is 6.93. The van der Waals surface area contributed by atoms with Crippen LogP contribution in [0.3, 0.4) is 0 Å². The van der Waals surface area contributed by atoms with E-state index < -0.39 is 17.8 Å². The number of hydrogen-bond acceptors (Lipinski definition) is 8. The fraction of sp³-hybridized carbons (Fsp3) is 0.438. The minimum atomic E-state index is -4.55. The Morgan fingerprint density at radius 3 is 2.61 bits per heavy atom. The van der Waals surface area contributed by atoms with Crippen molar-refractivity contribution in [3.8, 4) is 11.6 Å². The van der Waals surface area contributed by atoms with Crippen LogP contribution in [0.4, 0.5) is 23.7 Å². The van der Waals surface area contributed by atoms with Crippen molar-refractivity contribution in [3.63, 3.8) is 0 Å². The van der Waals surface area contributed by atoms with Crippen LogP contribution in [0.1, 0.15) is 47.8 Å². The molecule has 0 spiro atoms. The summed E-state index contributed by atoms with van der Waals surface area (Å²) in [6.45, 7) is 9.21. The summed E-state index contributed by atoms with van der Waals surface area (Å²) in [4.78, 5) is 35.6. The second kappa shape index (κ2) is 13.2. The number of H-pyrrole nitrogens is 1. The van der Waals surface area contributed by atoms with Crippen molar-refractivity contribution >= 4 is 22.8 Å². The maximum atomic E-state index is 14.1. The number of piperazine rings is 1. The maximum absolute atomic E-state index is 14.1. The zero-order valence-electron chi connectivity index (χ0n) is 26.0. The zero-order valence-corrected chi connectivity index (χ0v) is 26.0. The lowest BCUT2D eigenvalue weighted by atomic mass is 9.96. The van der Waals surface area contributed by atoms with Gasteiger partial charge in [0.05, 0.1) is 29.4 Å². The summed E-state index contributed by atoms with van der Waals surface area (Å²) in [7, 11) is 1.60. The number of carbonyl (C=O) groups excluding carboxylic acids is 1. The number of nitrogens with one attached hydrogen (secondary N) is 2. The van der Waals surface area contributed by atoms with Crippen molar-refractivity contribution in [2.24, 2.45) is 0 Å². The monoisotopic (exact) mass is 638 g/mol. The molecule has 2 amide bonds. The topological polar surface area (TPSA) is 112 Å². The van der Waals surface area contributed by atoms with Crippen molar-refractivity contribution in [2.75, 3.05) is 51.7 Å². The first-order valence-electron chi connectivity index (χ1n) is 15.3. The lowest BCUT2D eigenvalue weighted by Gasteiger charge is -2.34. The summed E-state index contributed by atoms with van der Waals surface area (Å²) < 4.78 is 53.7. The fourth-order valence-electron chi connectivity index (χ4n) is 6.13. The molecule has 11 nitrogen and oxygen atoms in total. The van der Waals surface area contributed by atoms with E-state index in [4.69, 9.17) is 9.47 Å². The van der Waals surface area contributed by atoms with E-state index in [9.17, 15) is 18.0 Å². The fourth-order valence-corrected chi connectivity index (χ4v) is 6.13. The summed E-state index contributed by atoms with van der Waals surface area (Å²) in [6, 6.07) is 7.23. The molecule has 0 radical (unpaired) electrons. The van der Waals surface area contributed by atoms with E-state index in [0.29, 0.717) is 48.9 Å². The van der Waals surface area contributed by atoms with Gasteiger partial charge in [-0.25, -0.2) is 14.8 Å². The molecule has 1 unspecified atom stereocenters. The van der Waals surface area contributed by atoms with Gasteiger partial charge >= 0.3 is 12.2 Å². The quantitative estimate of drug-likeness (QED) is 0.257. The molecule has 4 aromatic rings. The number of halogens is 3. The molecule has 1 fully saturated rings. The van der Waals surface area contributed by atoms with Gasteiger partial charge < -0.3 is 29.6 Å². The summed E-state index contributed by atoms with van der Waals surface area (Å²) in [5.41, 5.74) is 2.60. The van der Waals surface area contributed by atoms with E-state index in [1.807, 2.05) is 24.0 Å². The minimum absolute atomic E-state index is 0.0951. The van der Waals surface area contributed by atoms with E-state index in [0.717, 1.165) is 42.7 Å². The SMILES string of the molecule is CCN1CCN(Cc2ccc(NC(=O)N3Cc4cc(Oc5ncnc6[nH]c(COC)cc56)cnc4C(C)C3)cc2C(F)(F)F)CC1. The number of alkyl halides is 3. The molecule has 2 N–H and O–H groups in total. The van der Waals surface area contributed by atoms with E-state index in [1.54, 1.807) is 24.3 Å². The van der Waals surface area contributed by atoms with Crippen molar-refractivity contribution < 1.29 is 27.4 Å². The Morgan fingerprint density at radius 1 is 1.09 bits per heavy atom. The average molecular weight is 639 g/mol. The Labute approximate surface area is 264 Å². The Bertz CT molecular complexity index is 1700. The minimum Gasteiger partial charge on any atom is -0.437 e. The van der Waals surface area contributed by atoms with Gasteiger partial charge in [-0.05, 0) is 41.9 Å². The predicted molar refractivity (Wildman–Crippen MR) is 166 cm³/mol. The van der Waals surface area contributed by atoms with Gasteiger partial charge in [-0.3, -0.25) is 9.88 Å². The third-order valence-electron chi connectivity index (χ3n) is 8.52. The van der Waals surface area contributed by atoms with Gasteiger partial charge in [-0.1, -0.05) is 19.9 Å². The normalized spacial score (nSPS) is 17.7. The maximum Gasteiger partial charge on any atom is 0.416 e. The number of pyridine rings is 1. The lowest BCUT2D eigenvalue weighted by molar-refractivity contribution is -0.138.